The van der Waals surface area contributed by atoms with Crippen molar-refractivity contribution in [2.75, 3.05) is 0 Å². The van der Waals surface area contributed by atoms with Crippen LogP contribution in [0, 0.1) is 13.8 Å². The molecule has 0 aliphatic rings. The lowest BCUT2D eigenvalue weighted by Crippen LogP contribution is -2.24. The number of nitrogens with one attached hydrogen (secondary N) is 1. The molecular weight excluding hydrogens is 242 g/mol. The molecule has 0 bridgehead atoms. The summed E-state index contributed by atoms with van der Waals surface area (Å²) in [6.45, 7) is 8.77. The minimum Gasteiger partial charge on any atom is -0.302 e. The number of aromatic nitrogens is 2. The summed E-state index contributed by atoms with van der Waals surface area (Å²) in [5, 5.41) is 7.86. The third kappa shape index (κ3) is 2.65. The highest BCUT2D eigenvalue weighted by Gasteiger charge is 2.16. The summed E-state index contributed by atoms with van der Waals surface area (Å²) in [6.07, 6.45) is 1.85. The van der Waals surface area contributed by atoms with E-state index < -0.39 is 0 Å². The van der Waals surface area contributed by atoms with Crippen molar-refractivity contribution in [3.05, 3.63) is 39.3 Å². The molecule has 2 unspecified atom stereocenters. The Labute approximate surface area is 113 Å². The van der Waals surface area contributed by atoms with Crippen LogP contribution in [-0.2, 0) is 7.05 Å². The van der Waals surface area contributed by atoms with Crippen molar-refractivity contribution in [2.24, 2.45) is 7.05 Å². The molecule has 3 nitrogen and oxygen atoms in total. The lowest BCUT2D eigenvalue weighted by molar-refractivity contribution is 0.469. The summed E-state index contributed by atoms with van der Waals surface area (Å²) < 4.78 is 1.93. The third-order valence-electron chi connectivity index (χ3n) is 3.35. The normalized spacial score (nSPS) is 14.7. The molecule has 2 heterocycles. The van der Waals surface area contributed by atoms with Crippen molar-refractivity contribution in [1.29, 1.82) is 0 Å². The quantitative estimate of drug-likeness (QED) is 0.915. The minimum absolute atomic E-state index is 0.298. The van der Waals surface area contributed by atoms with E-state index in [0.29, 0.717) is 12.1 Å². The van der Waals surface area contributed by atoms with Crippen LogP contribution in [0.2, 0.25) is 0 Å². The van der Waals surface area contributed by atoms with E-state index in [1.807, 2.05) is 29.3 Å². The fraction of sp³-hybridized carbons (Fsp3) is 0.500. The largest absolute Gasteiger partial charge is 0.302 e. The van der Waals surface area contributed by atoms with E-state index >= 15 is 0 Å². The molecule has 98 valence electrons. The van der Waals surface area contributed by atoms with E-state index in [0.717, 1.165) is 0 Å². The van der Waals surface area contributed by atoms with Crippen molar-refractivity contribution in [1.82, 2.24) is 15.1 Å². The van der Waals surface area contributed by atoms with E-state index in [1.165, 1.54) is 21.0 Å². The number of thiophene rings is 1. The Morgan fingerprint density at radius 1 is 1.28 bits per heavy atom. The van der Waals surface area contributed by atoms with Gasteiger partial charge in [0.15, 0.2) is 0 Å². The molecule has 0 aliphatic carbocycles. The van der Waals surface area contributed by atoms with E-state index in [2.05, 4.69) is 50.2 Å². The van der Waals surface area contributed by atoms with Gasteiger partial charge >= 0.3 is 0 Å². The van der Waals surface area contributed by atoms with Crippen LogP contribution in [0.4, 0.5) is 0 Å². The average Bonchev–Trinajstić information content (AvgIpc) is 2.84. The molecule has 0 aromatic carbocycles. The first-order chi connectivity index (χ1) is 8.49. The molecule has 18 heavy (non-hydrogen) atoms. The maximum Gasteiger partial charge on any atom is 0.0547 e. The van der Waals surface area contributed by atoms with Gasteiger partial charge in [0.05, 0.1) is 5.69 Å². The maximum atomic E-state index is 4.22. The van der Waals surface area contributed by atoms with Gasteiger partial charge in [-0.2, -0.15) is 5.10 Å². The van der Waals surface area contributed by atoms with Crippen molar-refractivity contribution in [3.63, 3.8) is 0 Å². The van der Waals surface area contributed by atoms with Gasteiger partial charge in [-0.05, 0) is 45.4 Å². The smallest absolute Gasteiger partial charge is 0.0547 e. The van der Waals surface area contributed by atoms with Gasteiger partial charge in [-0.3, -0.25) is 4.68 Å². The summed E-state index contributed by atoms with van der Waals surface area (Å²) in [5.41, 5.74) is 2.62. The molecule has 4 heteroatoms. The third-order valence-corrected chi connectivity index (χ3v) is 4.33. The highest BCUT2D eigenvalue weighted by Crippen LogP contribution is 2.27. The van der Waals surface area contributed by atoms with Crippen molar-refractivity contribution in [2.45, 2.75) is 39.8 Å². The summed E-state index contributed by atoms with van der Waals surface area (Å²) in [5.74, 6) is 0. The first-order valence-corrected chi connectivity index (χ1v) is 7.11. The molecule has 2 rings (SSSR count). The summed E-state index contributed by atoms with van der Waals surface area (Å²) >= 11 is 1.87. The summed E-state index contributed by atoms with van der Waals surface area (Å²) in [6, 6.07) is 5.01. The fourth-order valence-corrected chi connectivity index (χ4v) is 3.46. The standard InChI is InChI=1S/C14H21N3S/c1-9-8-13(12(4)18-9)10(2)16-11(3)14-6-7-15-17(14)5/h6-8,10-11,16H,1-5H3. The van der Waals surface area contributed by atoms with E-state index in [4.69, 9.17) is 0 Å². The highest BCUT2D eigenvalue weighted by molar-refractivity contribution is 7.12. The van der Waals surface area contributed by atoms with Gasteiger partial charge in [0.25, 0.3) is 0 Å². The lowest BCUT2D eigenvalue weighted by Gasteiger charge is -2.20. The monoisotopic (exact) mass is 263 g/mol. The van der Waals surface area contributed by atoms with Gasteiger partial charge in [-0.1, -0.05) is 0 Å². The van der Waals surface area contributed by atoms with Crippen LogP contribution in [0.25, 0.3) is 0 Å². The molecule has 0 saturated heterocycles. The van der Waals surface area contributed by atoms with Crippen LogP contribution >= 0.6 is 11.3 Å². The molecule has 2 aromatic heterocycles. The molecular formula is C14H21N3S. The van der Waals surface area contributed by atoms with Crippen LogP contribution in [0.5, 0.6) is 0 Å². The number of nitrogens with zero attached hydrogens (tertiary/aromatic N) is 2. The lowest BCUT2D eigenvalue weighted by atomic mass is 10.1. The van der Waals surface area contributed by atoms with Gasteiger partial charge in [-0.25, -0.2) is 0 Å². The Morgan fingerprint density at radius 2 is 2.00 bits per heavy atom. The molecule has 0 aliphatic heterocycles. The SMILES string of the molecule is Cc1cc(C(C)NC(C)c2ccnn2C)c(C)s1. The summed E-state index contributed by atoms with van der Waals surface area (Å²) in [4.78, 5) is 2.79. The Bertz CT molecular complexity index is 527. The average molecular weight is 263 g/mol. The second-order valence-corrected chi connectivity index (χ2v) is 6.32. The predicted molar refractivity (Wildman–Crippen MR) is 77.0 cm³/mol. The zero-order valence-electron chi connectivity index (χ0n) is 11.7. The number of hydrogen-bond acceptors (Lipinski definition) is 3. The van der Waals surface area contributed by atoms with Crippen LogP contribution in [-0.4, -0.2) is 9.78 Å². The second-order valence-electron chi connectivity index (χ2n) is 4.86. The topological polar surface area (TPSA) is 29.9 Å². The first-order valence-electron chi connectivity index (χ1n) is 6.30. The Balaban J connectivity index is 2.10. The first kappa shape index (κ1) is 13.3. The Morgan fingerprint density at radius 3 is 2.50 bits per heavy atom. The molecule has 0 radical (unpaired) electrons. The van der Waals surface area contributed by atoms with Crippen LogP contribution in [0.15, 0.2) is 18.3 Å². The molecule has 0 fully saturated rings. The fourth-order valence-electron chi connectivity index (χ4n) is 2.44. The zero-order chi connectivity index (χ0) is 13.3. The maximum absolute atomic E-state index is 4.22. The molecule has 0 saturated carbocycles. The number of rotatable bonds is 4. The van der Waals surface area contributed by atoms with Crippen molar-refractivity contribution < 1.29 is 0 Å². The zero-order valence-corrected chi connectivity index (χ0v) is 12.5. The minimum atomic E-state index is 0.298. The Kier molecular flexibility index (Phi) is 3.88. The predicted octanol–water partition coefficient (Wildman–Crippen LogP) is 3.51. The van der Waals surface area contributed by atoms with Gasteiger partial charge in [-0.15, -0.1) is 11.3 Å². The highest BCUT2D eigenvalue weighted by atomic mass is 32.1. The number of aryl methyl sites for hydroxylation is 3. The van der Waals surface area contributed by atoms with Gasteiger partial charge in [0.1, 0.15) is 0 Å². The van der Waals surface area contributed by atoms with Crippen LogP contribution < -0.4 is 5.32 Å². The molecule has 0 amide bonds. The summed E-state index contributed by atoms with van der Waals surface area (Å²) in [7, 11) is 1.98. The molecule has 0 spiro atoms. The van der Waals surface area contributed by atoms with E-state index in [9.17, 15) is 0 Å². The van der Waals surface area contributed by atoms with E-state index in [-0.39, 0.29) is 0 Å². The molecule has 2 aromatic rings. The van der Waals surface area contributed by atoms with Gasteiger partial charge < -0.3 is 5.32 Å². The van der Waals surface area contributed by atoms with Crippen molar-refractivity contribution in [3.8, 4) is 0 Å². The van der Waals surface area contributed by atoms with Crippen LogP contribution in [0.1, 0.15) is 46.9 Å². The van der Waals surface area contributed by atoms with Crippen LogP contribution in [0.3, 0.4) is 0 Å². The van der Waals surface area contributed by atoms with Gasteiger partial charge in [0.2, 0.25) is 0 Å². The van der Waals surface area contributed by atoms with Gasteiger partial charge in [0, 0.05) is 35.1 Å². The van der Waals surface area contributed by atoms with E-state index in [1.54, 1.807) is 0 Å². The molecule has 2 atom stereocenters. The second kappa shape index (κ2) is 5.24. The van der Waals surface area contributed by atoms with Crippen molar-refractivity contribution >= 4 is 11.3 Å². The Hall–Kier alpha value is -1.13. The number of hydrogen-bond donors (Lipinski definition) is 1. The molecule has 1 N–H and O–H groups in total.